The fraction of sp³-hybridized carbons (Fsp3) is 0.500. The first-order chi connectivity index (χ1) is 11.6. The van der Waals surface area contributed by atoms with Crippen LogP contribution in [0.25, 0.3) is 0 Å². The molecule has 10 heteroatoms. The van der Waals surface area contributed by atoms with Crippen LogP contribution in [0.4, 0.5) is 0 Å². The molecule has 130 valence electrons. The van der Waals surface area contributed by atoms with Crippen LogP contribution in [0.5, 0.6) is 0 Å². The highest BCUT2D eigenvalue weighted by atomic mass is 32.2. The normalized spacial score (nSPS) is 16.7. The van der Waals surface area contributed by atoms with Crippen molar-refractivity contribution in [3.05, 3.63) is 40.2 Å². The number of pyridine rings is 1. The van der Waals surface area contributed by atoms with E-state index in [1.54, 1.807) is 18.3 Å². The number of amides is 1. The Balaban J connectivity index is 1.78. The van der Waals surface area contributed by atoms with Crippen LogP contribution in [0.1, 0.15) is 23.2 Å². The molecule has 1 atom stereocenters. The highest BCUT2D eigenvalue weighted by molar-refractivity contribution is 8.00. The fourth-order valence-electron chi connectivity index (χ4n) is 2.12. The second-order valence-corrected chi connectivity index (χ2v) is 6.08. The Hall–Kier alpha value is -2.36. The van der Waals surface area contributed by atoms with E-state index in [-0.39, 0.29) is 19.1 Å². The molecule has 1 fully saturated rings. The average molecular weight is 355 g/mol. The number of esters is 1. The number of nitrogens with zero attached hydrogens (tertiary/aromatic N) is 3. The number of unbranched alkanes of at least 4 members (excludes halogenated alkanes) is 1. The van der Waals surface area contributed by atoms with Gasteiger partial charge in [0.15, 0.2) is 5.37 Å². The topological polar surface area (TPSA) is 112 Å². The van der Waals surface area contributed by atoms with Crippen LogP contribution >= 0.6 is 11.8 Å². The molecule has 0 saturated carbocycles. The summed E-state index contributed by atoms with van der Waals surface area (Å²) in [6, 6.07) is 3.31. The SMILES string of the molecule is O=C(OCCCCO[N+](=O)[O-])C1SCCN1C(=O)c1cccnc1. The van der Waals surface area contributed by atoms with Crippen LogP contribution in [-0.2, 0) is 14.4 Å². The first kappa shape index (κ1) is 18.0. The fourth-order valence-corrected chi connectivity index (χ4v) is 3.23. The van der Waals surface area contributed by atoms with E-state index < -0.39 is 16.4 Å². The van der Waals surface area contributed by atoms with Gasteiger partial charge in [-0.25, -0.2) is 4.79 Å². The maximum Gasteiger partial charge on any atom is 0.339 e. The molecule has 0 N–H and O–H groups in total. The molecule has 1 amide bonds. The summed E-state index contributed by atoms with van der Waals surface area (Å²) in [5, 5.41) is 8.45. The number of ether oxygens (including phenoxy) is 1. The minimum atomic E-state index is -0.858. The molecule has 0 aromatic carbocycles. The van der Waals surface area contributed by atoms with Gasteiger partial charge in [0.1, 0.15) is 0 Å². The lowest BCUT2D eigenvalue weighted by molar-refractivity contribution is -0.757. The number of aromatic nitrogens is 1. The summed E-state index contributed by atoms with van der Waals surface area (Å²) in [5.41, 5.74) is 0.426. The van der Waals surface area contributed by atoms with Crippen molar-refractivity contribution in [3.8, 4) is 0 Å². The maximum absolute atomic E-state index is 12.4. The molecule has 1 aliphatic rings. The number of carbonyl (C=O) groups is 2. The Morgan fingerprint density at radius 1 is 1.42 bits per heavy atom. The molecule has 1 aromatic heterocycles. The van der Waals surface area contributed by atoms with Gasteiger partial charge in [-0.05, 0) is 25.0 Å². The lowest BCUT2D eigenvalue weighted by Gasteiger charge is -2.22. The summed E-state index contributed by atoms with van der Waals surface area (Å²) < 4.78 is 5.15. The minimum absolute atomic E-state index is 0.0334. The predicted molar refractivity (Wildman–Crippen MR) is 84.7 cm³/mol. The molecule has 24 heavy (non-hydrogen) atoms. The van der Waals surface area contributed by atoms with Crippen molar-refractivity contribution in [2.45, 2.75) is 18.2 Å². The quantitative estimate of drug-likeness (QED) is 0.295. The number of hydrogen-bond donors (Lipinski definition) is 0. The first-order valence-electron chi connectivity index (χ1n) is 7.36. The monoisotopic (exact) mass is 355 g/mol. The second-order valence-electron chi connectivity index (χ2n) is 4.89. The molecule has 1 unspecified atom stereocenters. The Morgan fingerprint density at radius 2 is 2.21 bits per heavy atom. The summed E-state index contributed by atoms with van der Waals surface area (Å²) in [6.07, 6.45) is 3.89. The van der Waals surface area contributed by atoms with Gasteiger partial charge in [-0.3, -0.25) is 9.78 Å². The van der Waals surface area contributed by atoms with Gasteiger partial charge in [0, 0.05) is 24.7 Å². The third-order valence-electron chi connectivity index (χ3n) is 3.24. The summed E-state index contributed by atoms with van der Waals surface area (Å²) >= 11 is 1.35. The van der Waals surface area contributed by atoms with Crippen LogP contribution in [0.2, 0.25) is 0 Å². The molecule has 1 aromatic rings. The van der Waals surface area contributed by atoms with E-state index >= 15 is 0 Å². The molecular weight excluding hydrogens is 338 g/mol. The summed E-state index contributed by atoms with van der Waals surface area (Å²) in [5.74, 6) is -0.0815. The van der Waals surface area contributed by atoms with Gasteiger partial charge in [0.05, 0.1) is 18.8 Å². The molecule has 0 spiro atoms. The zero-order valence-corrected chi connectivity index (χ0v) is 13.6. The van der Waals surface area contributed by atoms with Crippen molar-refractivity contribution in [2.24, 2.45) is 0 Å². The lowest BCUT2D eigenvalue weighted by Crippen LogP contribution is -2.40. The molecule has 2 rings (SSSR count). The maximum atomic E-state index is 12.4. The molecule has 0 radical (unpaired) electrons. The number of rotatable bonds is 8. The highest BCUT2D eigenvalue weighted by Gasteiger charge is 2.36. The molecule has 0 bridgehead atoms. The van der Waals surface area contributed by atoms with Crippen molar-refractivity contribution in [1.82, 2.24) is 9.88 Å². The largest absolute Gasteiger partial charge is 0.464 e. The van der Waals surface area contributed by atoms with E-state index in [1.165, 1.54) is 22.9 Å². The third-order valence-corrected chi connectivity index (χ3v) is 4.42. The van der Waals surface area contributed by atoms with E-state index in [9.17, 15) is 19.7 Å². The average Bonchev–Trinajstić information content (AvgIpc) is 3.07. The van der Waals surface area contributed by atoms with E-state index in [1.807, 2.05) is 0 Å². The molecule has 0 aliphatic carbocycles. The van der Waals surface area contributed by atoms with Crippen molar-refractivity contribution in [1.29, 1.82) is 0 Å². The Labute approximate surface area is 142 Å². The van der Waals surface area contributed by atoms with E-state index in [0.29, 0.717) is 30.7 Å². The zero-order valence-electron chi connectivity index (χ0n) is 12.8. The molecule has 1 saturated heterocycles. The van der Waals surface area contributed by atoms with E-state index in [2.05, 4.69) is 9.82 Å². The highest BCUT2D eigenvalue weighted by Crippen LogP contribution is 2.26. The van der Waals surface area contributed by atoms with E-state index in [4.69, 9.17) is 4.74 Å². The van der Waals surface area contributed by atoms with Crippen LogP contribution in [0, 0.1) is 10.1 Å². The van der Waals surface area contributed by atoms with Crippen LogP contribution in [-0.4, -0.2) is 57.7 Å². The Bertz CT molecular complexity index is 585. The standard InChI is InChI=1S/C14H17N3O6S/c18-12(11-4-3-5-15-10-11)16-6-9-24-13(16)14(19)22-7-1-2-8-23-17(20)21/h3-5,10,13H,1-2,6-9H2. The summed E-state index contributed by atoms with van der Waals surface area (Å²) in [6.45, 7) is 0.565. The van der Waals surface area contributed by atoms with Gasteiger partial charge in [-0.2, -0.15) is 0 Å². The predicted octanol–water partition coefficient (Wildman–Crippen LogP) is 1.13. The third kappa shape index (κ3) is 5.08. The molecule has 1 aliphatic heterocycles. The van der Waals surface area contributed by atoms with Crippen molar-refractivity contribution in [3.63, 3.8) is 0 Å². The van der Waals surface area contributed by atoms with Crippen LogP contribution < -0.4 is 0 Å². The Kier molecular flexibility index (Phi) is 6.79. The zero-order chi connectivity index (χ0) is 17.4. The summed E-state index contributed by atoms with van der Waals surface area (Å²) in [4.78, 5) is 44.1. The van der Waals surface area contributed by atoms with Gasteiger partial charge in [-0.15, -0.1) is 21.9 Å². The van der Waals surface area contributed by atoms with Gasteiger partial charge in [0.25, 0.3) is 11.0 Å². The number of carbonyl (C=O) groups excluding carboxylic acids is 2. The van der Waals surface area contributed by atoms with Gasteiger partial charge in [-0.1, -0.05) is 0 Å². The number of hydrogen-bond acceptors (Lipinski definition) is 8. The lowest BCUT2D eigenvalue weighted by atomic mass is 10.2. The van der Waals surface area contributed by atoms with E-state index in [0.717, 1.165) is 0 Å². The van der Waals surface area contributed by atoms with Crippen LogP contribution in [0.15, 0.2) is 24.5 Å². The van der Waals surface area contributed by atoms with Gasteiger partial charge < -0.3 is 14.5 Å². The second kappa shape index (κ2) is 9.06. The Morgan fingerprint density at radius 3 is 2.92 bits per heavy atom. The van der Waals surface area contributed by atoms with Gasteiger partial charge in [0.2, 0.25) is 0 Å². The molecule has 2 heterocycles. The smallest absolute Gasteiger partial charge is 0.339 e. The van der Waals surface area contributed by atoms with Gasteiger partial charge >= 0.3 is 5.97 Å². The van der Waals surface area contributed by atoms with Crippen molar-refractivity contribution < 1.29 is 24.3 Å². The first-order valence-corrected chi connectivity index (χ1v) is 8.41. The summed E-state index contributed by atoms with van der Waals surface area (Å²) in [7, 11) is 0. The molecular formula is C14H17N3O6S. The van der Waals surface area contributed by atoms with Crippen LogP contribution in [0.3, 0.4) is 0 Å². The van der Waals surface area contributed by atoms with Crippen molar-refractivity contribution >= 4 is 23.6 Å². The number of thioether (sulfide) groups is 1. The van der Waals surface area contributed by atoms with Crippen molar-refractivity contribution in [2.75, 3.05) is 25.5 Å². The minimum Gasteiger partial charge on any atom is -0.464 e. The molecule has 9 nitrogen and oxygen atoms in total.